The Morgan fingerprint density at radius 1 is 1.37 bits per heavy atom. The van der Waals surface area contributed by atoms with Gasteiger partial charge in [-0.25, -0.2) is 4.79 Å². The maximum atomic E-state index is 12.5. The summed E-state index contributed by atoms with van der Waals surface area (Å²) in [6, 6.07) is 0. The summed E-state index contributed by atoms with van der Waals surface area (Å²) in [5, 5.41) is 2.90. The lowest BCUT2D eigenvalue weighted by Gasteiger charge is -2.36. The Morgan fingerprint density at radius 2 is 1.95 bits per heavy atom. The number of nitrogens with one attached hydrogen (secondary N) is 1. The molecule has 0 radical (unpaired) electrons. The Bertz CT molecular complexity index is 319. The van der Waals surface area contributed by atoms with Crippen molar-refractivity contribution in [3.8, 4) is 0 Å². The third-order valence-electron chi connectivity index (χ3n) is 3.59. The third-order valence-corrected chi connectivity index (χ3v) is 3.59. The van der Waals surface area contributed by atoms with Crippen molar-refractivity contribution in [2.75, 3.05) is 33.8 Å². The van der Waals surface area contributed by atoms with Crippen LogP contribution in [0.5, 0.6) is 0 Å². The molecule has 0 spiro atoms. The maximum absolute atomic E-state index is 12.5. The van der Waals surface area contributed by atoms with Crippen molar-refractivity contribution in [3.05, 3.63) is 0 Å². The fourth-order valence-corrected chi connectivity index (χ4v) is 2.39. The zero-order valence-electron chi connectivity index (χ0n) is 11.5. The van der Waals surface area contributed by atoms with E-state index in [2.05, 4.69) is 5.32 Å². The summed E-state index contributed by atoms with van der Waals surface area (Å²) >= 11 is 0. The lowest BCUT2D eigenvalue weighted by Crippen LogP contribution is -2.60. The molecule has 0 saturated heterocycles. The number of methoxy groups -OCH3 is 1. The highest BCUT2D eigenvalue weighted by Crippen LogP contribution is 2.41. The van der Waals surface area contributed by atoms with E-state index in [9.17, 15) is 18.0 Å². The first-order chi connectivity index (χ1) is 8.79. The van der Waals surface area contributed by atoms with Gasteiger partial charge < -0.3 is 10.1 Å². The Kier molecular flexibility index (Phi) is 5.20. The van der Waals surface area contributed by atoms with Gasteiger partial charge in [0.2, 0.25) is 0 Å². The van der Waals surface area contributed by atoms with E-state index in [1.807, 2.05) is 0 Å². The lowest BCUT2D eigenvalue weighted by molar-refractivity contribution is -0.159. The monoisotopic (exact) mass is 282 g/mol. The molecule has 19 heavy (non-hydrogen) atoms. The molecule has 0 amide bonds. The van der Waals surface area contributed by atoms with Crippen molar-refractivity contribution >= 4 is 5.97 Å². The minimum absolute atomic E-state index is 0.0108. The van der Waals surface area contributed by atoms with Crippen molar-refractivity contribution in [1.82, 2.24) is 10.2 Å². The molecule has 0 heterocycles. The van der Waals surface area contributed by atoms with Crippen LogP contribution < -0.4 is 5.32 Å². The first-order valence-corrected chi connectivity index (χ1v) is 6.35. The summed E-state index contributed by atoms with van der Waals surface area (Å²) in [6.07, 6.45) is -2.60. The van der Waals surface area contributed by atoms with Crippen LogP contribution in [0.1, 0.15) is 19.8 Å². The Balaban J connectivity index is 2.83. The highest BCUT2D eigenvalue weighted by atomic mass is 19.4. The number of carbonyl (C=O) groups is 1. The number of rotatable bonds is 7. The van der Waals surface area contributed by atoms with E-state index in [1.165, 1.54) is 12.0 Å². The van der Waals surface area contributed by atoms with E-state index in [0.29, 0.717) is 0 Å². The molecule has 1 N–H and O–H groups in total. The second-order valence-electron chi connectivity index (χ2n) is 4.91. The van der Waals surface area contributed by atoms with E-state index in [0.717, 1.165) is 12.8 Å². The first kappa shape index (κ1) is 16.2. The number of halogens is 3. The van der Waals surface area contributed by atoms with E-state index < -0.39 is 24.2 Å². The first-order valence-electron chi connectivity index (χ1n) is 6.35. The number of nitrogens with zero attached hydrogens (tertiary/aromatic N) is 1. The molecule has 0 aromatic rings. The molecule has 1 aliphatic rings. The zero-order valence-corrected chi connectivity index (χ0v) is 11.5. The molecular weight excluding hydrogens is 261 g/mol. The molecule has 1 rings (SSSR count). The van der Waals surface area contributed by atoms with E-state index in [4.69, 9.17) is 4.74 Å². The molecule has 0 aliphatic heterocycles. The molecule has 1 fully saturated rings. The van der Waals surface area contributed by atoms with Gasteiger partial charge in [0.15, 0.2) is 0 Å². The Hall–Kier alpha value is -0.820. The fourth-order valence-electron chi connectivity index (χ4n) is 2.39. The SMILES string of the molecule is CCN(CC(F)(F)F)CC(NC)(C(=O)OC)C1CC1. The summed E-state index contributed by atoms with van der Waals surface area (Å²) in [6.45, 7) is 0.872. The van der Waals surface area contributed by atoms with Crippen LogP contribution in [-0.4, -0.2) is 56.4 Å². The minimum atomic E-state index is -4.27. The summed E-state index contributed by atoms with van der Waals surface area (Å²) < 4.78 is 42.3. The molecule has 7 heteroatoms. The van der Waals surface area contributed by atoms with Gasteiger partial charge in [-0.2, -0.15) is 13.2 Å². The van der Waals surface area contributed by atoms with Gasteiger partial charge >= 0.3 is 12.1 Å². The van der Waals surface area contributed by atoms with Gasteiger partial charge in [-0.05, 0) is 32.4 Å². The summed E-state index contributed by atoms with van der Waals surface area (Å²) in [5.41, 5.74) is -1.03. The average molecular weight is 282 g/mol. The van der Waals surface area contributed by atoms with E-state index in [-0.39, 0.29) is 19.0 Å². The molecule has 112 valence electrons. The number of hydrogen-bond acceptors (Lipinski definition) is 4. The molecular formula is C12H21F3N2O2. The highest BCUT2D eigenvalue weighted by molar-refractivity contribution is 5.82. The van der Waals surface area contributed by atoms with Gasteiger partial charge in [0.1, 0.15) is 5.54 Å². The molecule has 4 nitrogen and oxygen atoms in total. The van der Waals surface area contributed by atoms with Gasteiger partial charge in [0.25, 0.3) is 0 Å². The molecule has 1 unspecified atom stereocenters. The van der Waals surface area contributed by atoms with Crippen LogP contribution >= 0.6 is 0 Å². The molecule has 1 saturated carbocycles. The number of esters is 1. The Morgan fingerprint density at radius 3 is 2.26 bits per heavy atom. The maximum Gasteiger partial charge on any atom is 0.401 e. The van der Waals surface area contributed by atoms with Crippen molar-refractivity contribution in [2.24, 2.45) is 5.92 Å². The van der Waals surface area contributed by atoms with E-state index in [1.54, 1.807) is 14.0 Å². The van der Waals surface area contributed by atoms with Gasteiger partial charge in [-0.15, -0.1) is 0 Å². The lowest BCUT2D eigenvalue weighted by atomic mass is 9.92. The highest BCUT2D eigenvalue weighted by Gasteiger charge is 2.52. The van der Waals surface area contributed by atoms with Gasteiger partial charge in [-0.3, -0.25) is 4.90 Å². The smallest absolute Gasteiger partial charge is 0.401 e. The molecule has 0 aromatic carbocycles. The predicted molar refractivity (Wildman–Crippen MR) is 64.7 cm³/mol. The molecule has 1 aliphatic carbocycles. The summed E-state index contributed by atoms with van der Waals surface area (Å²) in [4.78, 5) is 13.2. The van der Waals surface area contributed by atoms with Crippen molar-refractivity contribution in [1.29, 1.82) is 0 Å². The predicted octanol–water partition coefficient (Wildman–Crippen LogP) is 1.41. The average Bonchev–Trinajstić information content (AvgIpc) is 3.16. The van der Waals surface area contributed by atoms with Crippen molar-refractivity contribution in [2.45, 2.75) is 31.5 Å². The van der Waals surface area contributed by atoms with Crippen LogP contribution in [0.4, 0.5) is 13.2 Å². The van der Waals surface area contributed by atoms with Gasteiger partial charge in [0.05, 0.1) is 13.7 Å². The van der Waals surface area contributed by atoms with Crippen molar-refractivity contribution < 1.29 is 22.7 Å². The van der Waals surface area contributed by atoms with E-state index >= 15 is 0 Å². The topological polar surface area (TPSA) is 41.6 Å². The standard InChI is InChI=1S/C12H21F3N2O2/c1-4-17(8-12(13,14)15)7-11(16-2,9-5-6-9)10(18)19-3/h9,16H,4-8H2,1-3H3. The number of carbonyl (C=O) groups excluding carboxylic acids is 1. The quantitative estimate of drug-likeness (QED) is 0.717. The number of ether oxygens (including phenoxy) is 1. The van der Waals surface area contributed by atoms with Crippen LogP contribution in [0.2, 0.25) is 0 Å². The Labute approximate surface area is 111 Å². The largest absolute Gasteiger partial charge is 0.468 e. The molecule has 0 bridgehead atoms. The van der Waals surface area contributed by atoms with Crippen LogP contribution in [0.15, 0.2) is 0 Å². The number of hydrogen-bond donors (Lipinski definition) is 1. The zero-order chi connectivity index (χ0) is 14.7. The van der Waals surface area contributed by atoms with Crippen LogP contribution in [0.3, 0.4) is 0 Å². The fraction of sp³-hybridized carbons (Fsp3) is 0.917. The second kappa shape index (κ2) is 6.09. The minimum Gasteiger partial charge on any atom is -0.468 e. The van der Waals surface area contributed by atoms with Crippen LogP contribution in [0, 0.1) is 5.92 Å². The number of alkyl halides is 3. The van der Waals surface area contributed by atoms with Crippen LogP contribution in [-0.2, 0) is 9.53 Å². The summed E-state index contributed by atoms with van der Waals surface area (Å²) in [7, 11) is 2.85. The summed E-state index contributed by atoms with van der Waals surface area (Å²) in [5.74, 6) is -0.439. The van der Waals surface area contributed by atoms with Crippen LogP contribution in [0.25, 0.3) is 0 Å². The normalized spacial score (nSPS) is 19.3. The molecule has 0 aromatic heterocycles. The van der Waals surface area contributed by atoms with Gasteiger partial charge in [-0.1, -0.05) is 6.92 Å². The second-order valence-corrected chi connectivity index (χ2v) is 4.91. The van der Waals surface area contributed by atoms with Crippen molar-refractivity contribution in [3.63, 3.8) is 0 Å². The van der Waals surface area contributed by atoms with Gasteiger partial charge in [0, 0.05) is 6.54 Å². The number of likely N-dealkylation sites (N-methyl/N-ethyl adjacent to an activating group) is 2. The molecule has 1 atom stereocenters. The third kappa shape index (κ3) is 4.07.